The lowest BCUT2D eigenvalue weighted by Crippen LogP contribution is -2.47. The first-order valence-corrected chi connectivity index (χ1v) is 14.2. The molecule has 3 heterocycles. The van der Waals surface area contributed by atoms with Gasteiger partial charge in [-0.2, -0.15) is 13.2 Å². The third-order valence-corrected chi connectivity index (χ3v) is 7.71. The quantitative estimate of drug-likeness (QED) is 0.202. The fourth-order valence-electron chi connectivity index (χ4n) is 5.26. The minimum Gasteiger partial charge on any atom is -0.361 e. The Hall–Kier alpha value is -5.36. The number of piperazine rings is 1. The number of aromatic amines is 1. The van der Waals surface area contributed by atoms with Gasteiger partial charge in [0, 0.05) is 66.3 Å². The van der Waals surface area contributed by atoms with Crippen LogP contribution in [0, 0.1) is 0 Å². The van der Waals surface area contributed by atoms with E-state index in [1.165, 1.54) is 12.1 Å². The van der Waals surface area contributed by atoms with Gasteiger partial charge >= 0.3 is 6.18 Å². The molecule has 1 saturated heterocycles. The molecule has 0 unspecified atom stereocenters. The van der Waals surface area contributed by atoms with E-state index in [2.05, 4.69) is 25.8 Å². The fourth-order valence-corrected chi connectivity index (χ4v) is 5.26. The van der Waals surface area contributed by atoms with Gasteiger partial charge < -0.3 is 30.7 Å². The van der Waals surface area contributed by atoms with Crippen LogP contribution < -0.4 is 16.0 Å². The van der Waals surface area contributed by atoms with Gasteiger partial charge in [-0.1, -0.05) is 18.2 Å². The normalized spacial score (nSPS) is 16.0. The number of rotatable bonds is 6. The lowest BCUT2D eigenvalue weighted by molar-refractivity contribution is -0.137. The van der Waals surface area contributed by atoms with Crippen molar-refractivity contribution in [2.45, 2.75) is 6.18 Å². The number of halogens is 3. The molecule has 0 atom stereocenters. The lowest BCUT2D eigenvalue weighted by atomic mass is 10.1. The number of H-pyrrole nitrogens is 1. The number of hydrogen-bond donors (Lipinski definition) is 4. The first-order chi connectivity index (χ1) is 21.5. The molecule has 1 fully saturated rings. The smallest absolute Gasteiger partial charge is 0.361 e. The molecule has 1 aromatic heterocycles. The number of hydrogen-bond acceptors (Lipinski definition) is 5. The first-order valence-electron chi connectivity index (χ1n) is 14.2. The molecule has 45 heavy (non-hydrogen) atoms. The van der Waals surface area contributed by atoms with Gasteiger partial charge in [-0.05, 0) is 67.7 Å². The number of carbonyl (C=O) groups excluding carboxylic acids is 3. The van der Waals surface area contributed by atoms with Crippen molar-refractivity contribution >= 4 is 52.1 Å². The largest absolute Gasteiger partial charge is 0.416 e. The minimum atomic E-state index is -4.55. The average Bonchev–Trinajstić information content (AvgIpc) is 3.61. The Morgan fingerprint density at radius 2 is 1.60 bits per heavy atom. The number of likely N-dealkylation sites (N-methyl/N-ethyl adjacent to an activating group) is 1. The van der Waals surface area contributed by atoms with E-state index in [1.807, 2.05) is 11.9 Å². The van der Waals surface area contributed by atoms with Crippen LogP contribution in [0.1, 0.15) is 37.5 Å². The maximum atomic E-state index is 13.1. The van der Waals surface area contributed by atoms with Crippen molar-refractivity contribution < 1.29 is 27.6 Å². The lowest BCUT2D eigenvalue weighted by Gasteiger charge is -2.32. The predicted octanol–water partition coefficient (Wildman–Crippen LogP) is 5.91. The van der Waals surface area contributed by atoms with E-state index >= 15 is 0 Å². The van der Waals surface area contributed by atoms with E-state index in [-0.39, 0.29) is 17.4 Å². The Morgan fingerprint density at radius 1 is 0.867 bits per heavy atom. The summed E-state index contributed by atoms with van der Waals surface area (Å²) in [6.45, 7) is 2.99. The SMILES string of the molecule is CN1CCN(C(=O)c2c[nH]c(/C=C3\C(=O)Nc4cc(Nc5cccc(NC(=O)c6cccc(C(F)(F)F)c6)c5)ccc43)c2)CC1. The summed E-state index contributed by atoms with van der Waals surface area (Å²) in [5.74, 6) is -0.992. The Bertz CT molecular complexity index is 1820. The molecular weight excluding hydrogens is 585 g/mol. The molecule has 4 aromatic rings. The number of aromatic nitrogens is 1. The molecule has 2 aliphatic rings. The average molecular weight is 615 g/mol. The van der Waals surface area contributed by atoms with Crippen LogP contribution in [0.4, 0.5) is 35.9 Å². The molecule has 12 heteroatoms. The van der Waals surface area contributed by atoms with Crippen LogP contribution in [0.3, 0.4) is 0 Å². The molecule has 6 rings (SSSR count). The summed E-state index contributed by atoms with van der Waals surface area (Å²) in [7, 11) is 2.03. The predicted molar refractivity (Wildman–Crippen MR) is 166 cm³/mol. The molecule has 0 aliphatic carbocycles. The molecule has 0 radical (unpaired) electrons. The third kappa shape index (κ3) is 6.60. The summed E-state index contributed by atoms with van der Waals surface area (Å²) >= 11 is 0. The number of nitrogens with one attached hydrogen (secondary N) is 4. The van der Waals surface area contributed by atoms with E-state index in [0.717, 1.165) is 25.2 Å². The number of fused-ring (bicyclic) bond motifs is 1. The topological polar surface area (TPSA) is 110 Å². The Kier molecular flexibility index (Phi) is 7.90. The number of amides is 3. The number of anilines is 4. The van der Waals surface area contributed by atoms with Crippen molar-refractivity contribution in [3.8, 4) is 0 Å². The van der Waals surface area contributed by atoms with Gasteiger partial charge in [-0.15, -0.1) is 0 Å². The van der Waals surface area contributed by atoms with Crippen molar-refractivity contribution in [3.63, 3.8) is 0 Å². The van der Waals surface area contributed by atoms with E-state index < -0.39 is 17.6 Å². The van der Waals surface area contributed by atoms with Crippen LogP contribution >= 0.6 is 0 Å². The highest BCUT2D eigenvalue weighted by molar-refractivity contribution is 6.35. The Labute approximate surface area is 256 Å². The molecule has 3 amide bonds. The van der Waals surface area contributed by atoms with E-state index in [0.29, 0.717) is 58.2 Å². The van der Waals surface area contributed by atoms with Crippen molar-refractivity contribution in [1.82, 2.24) is 14.8 Å². The molecular formula is C33H29F3N6O3. The van der Waals surface area contributed by atoms with Gasteiger partial charge in [0.1, 0.15) is 0 Å². The second-order valence-electron chi connectivity index (χ2n) is 11.0. The summed E-state index contributed by atoms with van der Waals surface area (Å²) in [6, 6.07) is 18.1. The van der Waals surface area contributed by atoms with Gasteiger partial charge in [0.15, 0.2) is 0 Å². The maximum Gasteiger partial charge on any atom is 0.416 e. The van der Waals surface area contributed by atoms with Crippen LogP contribution in [-0.2, 0) is 11.0 Å². The molecule has 3 aromatic carbocycles. The van der Waals surface area contributed by atoms with Gasteiger partial charge in [-0.3, -0.25) is 14.4 Å². The van der Waals surface area contributed by atoms with Gasteiger partial charge in [0.2, 0.25) is 0 Å². The number of alkyl halides is 3. The number of carbonyl (C=O) groups is 3. The summed E-state index contributed by atoms with van der Waals surface area (Å²) < 4.78 is 39.2. The molecule has 0 spiro atoms. The maximum absolute atomic E-state index is 13.1. The summed E-state index contributed by atoms with van der Waals surface area (Å²) in [6.07, 6.45) is -1.18. The second kappa shape index (κ2) is 12.0. The zero-order valence-electron chi connectivity index (χ0n) is 24.2. The van der Waals surface area contributed by atoms with Crippen LogP contribution in [0.2, 0.25) is 0 Å². The molecule has 9 nitrogen and oxygen atoms in total. The van der Waals surface area contributed by atoms with Gasteiger partial charge in [-0.25, -0.2) is 0 Å². The molecule has 2 aliphatic heterocycles. The second-order valence-corrected chi connectivity index (χ2v) is 11.0. The van der Waals surface area contributed by atoms with E-state index in [4.69, 9.17) is 0 Å². The summed E-state index contributed by atoms with van der Waals surface area (Å²) in [5, 5.41) is 8.72. The highest BCUT2D eigenvalue weighted by atomic mass is 19.4. The highest BCUT2D eigenvalue weighted by Gasteiger charge is 2.31. The van der Waals surface area contributed by atoms with Crippen molar-refractivity contribution in [3.05, 3.63) is 107 Å². The Balaban J connectivity index is 1.13. The van der Waals surface area contributed by atoms with Gasteiger partial charge in [0.25, 0.3) is 17.7 Å². The monoisotopic (exact) mass is 614 g/mol. The zero-order valence-corrected chi connectivity index (χ0v) is 24.2. The fraction of sp³-hybridized carbons (Fsp3) is 0.182. The van der Waals surface area contributed by atoms with E-state index in [1.54, 1.807) is 60.8 Å². The molecule has 4 N–H and O–H groups in total. The summed E-state index contributed by atoms with van der Waals surface area (Å²) in [5.41, 5.74) is 3.58. The first kappa shape index (κ1) is 29.7. The van der Waals surface area contributed by atoms with Crippen molar-refractivity contribution in [2.24, 2.45) is 0 Å². The molecule has 230 valence electrons. The minimum absolute atomic E-state index is 0.0460. The third-order valence-electron chi connectivity index (χ3n) is 7.71. The standard InChI is InChI=1S/C33H29F3N6O3/c1-41-10-12-42(13-11-41)32(45)21-15-26(37-19-21)17-28-27-9-8-25(18-29(27)40-31(28)44)38-23-6-3-7-24(16-23)39-30(43)20-4-2-5-22(14-20)33(34,35)36/h2-9,14-19,37-38H,10-13H2,1H3,(H,39,43)(H,40,44)/b28-17-. The van der Waals surface area contributed by atoms with Crippen LogP contribution in [-0.4, -0.2) is 65.7 Å². The number of nitrogens with zero attached hydrogens (tertiary/aromatic N) is 2. The molecule has 0 saturated carbocycles. The van der Waals surface area contributed by atoms with Crippen molar-refractivity contribution in [2.75, 3.05) is 49.2 Å². The molecule has 0 bridgehead atoms. The van der Waals surface area contributed by atoms with Crippen LogP contribution in [0.15, 0.2) is 79.0 Å². The number of benzene rings is 3. The van der Waals surface area contributed by atoms with Crippen molar-refractivity contribution in [1.29, 1.82) is 0 Å². The zero-order chi connectivity index (χ0) is 31.7. The van der Waals surface area contributed by atoms with E-state index in [9.17, 15) is 27.6 Å². The summed E-state index contributed by atoms with van der Waals surface area (Å²) in [4.78, 5) is 45.5. The highest BCUT2D eigenvalue weighted by Crippen LogP contribution is 2.36. The Morgan fingerprint density at radius 3 is 2.38 bits per heavy atom. The van der Waals surface area contributed by atoms with Gasteiger partial charge in [0.05, 0.1) is 22.4 Å². The van der Waals surface area contributed by atoms with Crippen LogP contribution in [0.5, 0.6) is 0 Å². The van der Waals surface area contributed by atoms with Crippen LogP contribution in [0.25, 0.3) is 11.6 Å².